The zero-order chi connectivity index (χ0) is 18.3. The molecule has 0 atom stereocenters. The Morgan fingerprint density at radius 2 is 0.833 bits per heavy atom. The van der Waals surface area contributed by atoms with Crippen LogP contribution in [0.1, 0.15) is 78.1 Å². The SMILES string of the molecule is CCCS(=O)(=O)NCCCCCCCCCCNS(=O)(=O)CCC. The van der Waals surface area contributed by atoms with E-state index in [9.17, 15) is 16.8 Å². The van der Waals surface area contributed by atoms with Crippen molar-refractivity contribution in [3.63, 3.8) is 0 Å². The predicted molar refractivity (Wildman–Crippen MR) is 101 cm³/mol. The molecule has 0 unspecified atom stereocenters. The van der Waals surface area contributed by atoms with Crippen molar-refractivity contribution in [2.24, 2.45) is 0 Å². The molecule has 0 fully saturated rings. The highest BCUT2D eigenvalue weighted by Gasteiger charge is 2.07. The van der Waals surface area contributed by atoms with Gasteiger partial charge >= 0.3 is 0 Å². The van der Waals surface area contributed by atoms with E-state index < -0.39 is 20.0 Å². The fourth-order valence-corrected chi connectivity index (χ4v) is 4.72. The van der Waals surface area contributed by atoms with Crippen molar-refractivity contribution >= 4 is 20.0 Å². The molecule has 24 heavy (non-hydrogen) atoms. The lowest BCUT2D eigenvalue weighted by Gasteiger charge is -2.06. The molecule has 0 aliphatic rings. The van der Waals surface area contributed by atoms with E-state index in [0.29, 0.717) is 25.9 Å². The molecule has 8 heteroatoms. The van der Waals surface area contributed by atoms with Gasteiger partial charge in [-0.15, -0.1) is 0 Å². The molecule has 146 valence electrons. The summed E-state index contributed by atoms with van der Waals surface area (Å²) in [6.45, 7) is 4.80. The first kappa shape index (κ1) is 23.8. The standard InChI is InChI=1S/C16H36N2O4S2/c1-3-15-23(19,20)17-13-11-9-7-5-6-8-10-12-14-18-24(21,22)16-4-2/h17-18H,3-16H2,1-2H3. The minimum absolute atomic E-state index is 0.210. The van der Waals surface area contributed by atoms with Gasteiger partial charge in [0, 0.05) is 13.1 Å². The summed E-state index contributed by atoms with van der Waals surface area (Å²) in [5, 5.41) is 0. The second-order valence-electron chi connectivity index (χ2n) is 6.25. The Kier molecular flexibility index (Phi) is 13.9. The number of hydrogen-bond acceptors (Lipinski definition) is 4. The molecular weight excluding hydrogens is 348 g/mol. The minimum atomic E-state index is -3.05. The van der Waals surface area contributed by atoms with E-state index in [1.165, 1.54) is 0 Å². The summed E-state index contributed by atoms with van der Waals surface area (Å²) < 4.78 is 51.0. The van der Waals surface area contributed by atoms with Gasteiger partial charge in [0.05, 0.1) is 11.5 Å². The van der Waals surface area contributed by atoms with E-state index in [-0.39, 0.29) is 11.5 Å². The van der Waals surface area contributed by atoms with Crippen LogP contribution >= 0.6 is 0 Å². The maximum atomic E-state index is 11.4. The lowest BCUT2D eigenvalue weighted by molar-refractivity contribution is 0.548. The summed E-state index contributed by atoms with van der Waals surface area (Å²) in [5.41, 5.74) is 0. The minimum Gasteiger partial charge on any atom is -0.215 e. The van der Waals surface area contributed by atoms with Crippen molar-refractivity contribution in [3.05, 3.63) is 0 Å². The summed E-state index contributed by atoms with van der Waals surface area (Å²) in [7, 11) is -6.11. The Hall–Kier alpha value is -0.180. The highest BCUT2D eigenvalue weighted by Crippen LogP contribution is 2.08. The van der Waals surface area contributed by atoms with E-state index in [4.69, 9.17) is 0 Å². The fraction of sp³-hybridized carbons (Fsp3) is 1.00. The van der Waals surface area contributed by atoms with Crippen LogP contribution in [0.25, 0.3) is 0 Å². The average Bonchev–Trinajstić information content (AvgIpc) is 2.48. The van der Waals surface area contributed by atoms with Gasteiger partial charge in [0.2, 0.25) is 20.0 Å². The summed E-state index contributed by atoms with van der Waals surface area (Å²) in [5.74, 6) is 0.420. The van der Waals surface area contributed by atoms with E-state index in [0.717, 1.165) is 51.4 Å². The first-order valence-corrected chi connectivity index (χ1v) is 12.6. The number of unbranched alkanes of at least 4 members (excludes halogenated alkanes) is 7. The van der Waals surface area contributed by atoms with Gasteiger partial charge < -0.3 is 0 Å². The summed E-state index contributed by atoms with van der Waals surface area (Å²) >= 11 is 0. The van der Waals surface area contributed by atoms with Crippen molar-refractivity contribution in [3.8, 4) is 0 Å². The van der Waals surface area contributed by atoms with Crippen molar-refractivity contribution in [1.29, 1.82) is 0 Å². The predicted octanol–water partition coefficient (Wildman–Crippen LogP) is 2.77. The van der Waals surface area contributed by atoms with Crippen LogP contribution in [0, 0.1) is 0 Å². The fourth-order valence-electron chi connectivity index (χ4n) is 2.45. The maximum Gasteiger partial charge on any atom is 0.211 e. The van der Waals surface area contributed by atoms with E-state index in [1.807, 2.05) is 13.8 Å². The van der Waals surface area contributed by atoms with Crippen molar-refractivity contribution < 1.29 is 16.8 Å². The Morgan fingerprint density at radius 1 is 0.542 bits per heavy atom. The molecular formula is C16H36N2O4S2. The molecule has 0 heterocycles. The first-order chi connectivity index (χ1) is 11.3. The van der Waals surface area contributed by atoms with Crippen molar-refractivity contribution in [1.82, 2.24) is 9.44 Å². The monoisotopic (exact) mass is 384 g/mol. The highest BCUT2D eigenvalue weighted by molar-refractivity contribution is 7.89. The Balaban J connectivity index is 3.35. The second kappa shape index (κ2) is 14.0. The number of rotatable bonds is 17. The zero-order valence-corrected chi connectivity index (χ0v) is 17.0. The van der Waals surface area contributed by atoms with Gasteiger partial charge in [-0.3, -0.25) is 0 Å². The highest BCUT2D eigenvalue weighted by atomic mass is 32.2. The number of nitrogens with one attached hydrogen (secondary N) is 2. The third-order valence-corrected chi connectivity index (χ3v) is 6.87. The van der Waals surface area contributed by atoms with Gasteiger partial charge in [-0.05, 0) is 25.7 Å². The smallest absolute Gasteiger partial charge is 0.211 e. The van der Waals surface area contributed by atoms with Crippen molar-refractivity contribution in [2.75, 3.05) is 24.6 Å². The zero-order valence-electron chi connectivity index (χ0n) is 15.3. The molecule has 0 amide bonds. The second-order valence-corrected chi connectivity index (χ2v) is 10.1. The van der Waals surface area contributed by atoms with Gasteiger partial charge in [0.25, 0.3) is 0 Å². The van der Waals surface area contributed by atoms with Gasteiger partial charge in [0.15, 0.2) is 0 Å². The van der Waals surface area contributed by atoms with Crippen LogP contribution in [0.2, 0.25) is 0 Å². The Bertz CT molecular complexity index is 444. The van der Waals surface area contributed by atoms with Crippen LogP contribution in [-0.2, 0) is 20.0 Å². The van der Waals surface area contributed by atoms with Crippen LogP contribution < -0.4 is 9.44 Å². The van der Waals surface area contributed by atoms with Gasteiger partial charge in [-0.25, -0.2) is 26.3 Å². The molecule has 0 spiro atoms. The quantitative estimate of drug-likeness (QED) is 0.377. The third kappa shape index (κ3) is 15.4. The van der Waals surface area contributed by atoms with Gasteiger partial charge in [-0.1, -0.05) is 52.4 Å². The van der Waals surface area contributed by atoms with E-state index in [1.54, 1.807) is 0 Å². The van der Waals surface area contributed by atoms with E-state index >= 15 is 0 Å². The molecule has 6 nitrogen and oxygen atoms in total. The van der Waals surface area contributed by atoms with Crippen LogP contribution in [0.15, 0.2) is 0 Å². The van der Waals surface area contributed by atoms with Crippen LogP contribution in [0.3, 0.4) is 0 Å². The molecule has 0 aromatic rings. The molecule has 0 radical (unpaired) electrons. The Labute approximate surface area is 149 Å². The molecule has 0 saturated heterocycles. The van der Waals surface area contributed by atoms with Crippen LogP contribution in [0.4, 0.5) is 0 Å². The molecule has 2 N–H and O–H groups in total. The lowest BCUT2D eigenvalue weighted by atomic mass is 10.1. The van der Waals surface area contributed by atoms with Crippen LogP contribution in [0.5, 0.6) is 0 Å². The van der Waals surface area contributed by atoms with Crippen molar-refractivity contribution in [2.45, 2.75) is 78.1 Å². The first-order valence-electron chi connectivity index (χ1n) is 9.27. The topological polar surface area (TPSA) is 92.3 Å². The maximum absolute atomic E-state index is 11.4. The van der Waals surface area contributed by atoms with Gasteiger partial charge in [-0.2, -0.15) is 0 Å². The van der Waals surface area contributed by atoms with Gasteiger partial charge in [0.1, 0.15) is 0 Å². The molecule has 0 aromatic heterocycles. The summed E-state index contributed by atoms with van der Waals surface area (Å²) in [4.78, 5) is 0. The molecule has 0 aliphatic carbocycles. The third-order valence-electron chi connectivity index (χ3n) is 3.69. The molecule has 0 rings (SSSR count). The molecule has 0 aliphatic heterocycles. The number of sulfonamides is 2. The normalized spacial score (nSPS) is 12.6. The average molecular weight is 385 g/mol. The van der Waals surface area contributed by atoms with E-state index in [2.05, 4.69) is 9.44 Å². The largest absolute Gasteiger partial charge is 0.215 e. The summed E-state index contributed by atoms with van der Waals surface area (Å²) in [6.07, 6.45) is 9.73. The van der Waals surface area contributed by atoms with Crippen LogP contribution in [-0.4, -0.2) is 41.4 Å². The molecule has 0 aromatic carbocycles. The number of hydrogen-bond donors (Lipinski definition) is 2. The summed E-state index contributed by atoms with van der Waals surface area (Å²) in [6, 6.07) is 0. The Morgan fingerprint density at radius 3 is 1.12 bits per heavy atom. The lowest BCUT2D eigenvalue weighted by Crippen LogP contribution is -2.27. The molecule has 0 bridgehead atoms. The molecule has 0 saturated carbocycles.